The topological polar surface area (TPSA) is 21.3 Å². The normalized spacial score (nSPS) is 27.0. The highest BCUT2D eigenvalue weighted by Crippen LogP contribution is 2.28. The van der Waals surface area contributed by atoms with Crippen molar-refractivity contribution in [2.75, 3.05) is 26.0 Å². The first kappa shape index (κ1) is 12.3. The van der Waals surface area contributed by atoms with Gasteiger partial charge >= 0.3 is 0 Å². The van der Waals surface area contributed by atoms with E-state index < -0.39 is 0 Å². The SMILES string of the molecule is CCCOCCNC1CCCC1SC. The fraction of sp³-hybridized carbons (Fsp3) is 1.00. The molecule has 1 aliphatic rings. The van der Waals surface area contributed by atoms with Gasteiger partial charge in [0.2, 0.25) is 0 Å². The number of rotatable bonds is 7. The molecule has 1 fully saturated rings. The lowest BCUT2D eigenvalue weighted by molar-refractivity contribution is 0.134. The molecular formula is C11H23NOS. The van der Waals surface area contributed by atoms with E-state index >= 15 is 0 Å². The fourth-order valence-electron chi connectivity index (χ4n) is 2.00. The molecule has 2 nitrogen and oxygen atoms in total. The highest BCUT2D eigenvalue weighted by molar-refractivity contribution is 7.99. The molecule has 0 bridgehead atoms. The minimum absolute atomic E-state index is 0.732. The van der Waals surface area contributed by atoms with Crippen molar-refractivity contribution in [1.82, 2.24) is 5.32 Å². The summed E-state index contributed by atoms with van der Waals surface area (Å²) in [4.78, 5) is 0. The van der Waals surface area contributed by atoms with E-state index in [1.54, 1.807) is 0 Å². The number of thioether (sulfide) groups is 1. The van der Waals surface area contributed by atoms with E-state index in [2.05, 4.69) is 18.5 Å². The van der Waals surface area contributed by atoms with E-state index in [1.165, 1.54) is 19.3 Å². The first-order chi connectivity index (χ1) is 6.88. The first-order valence-electron chi connectivity index (χ1n) is 5.72. The van der Waals surface area contributed by atoms with Crippen molar-refractivity contribution in [2.24, 2.45) is 0 Å². The van der Waals surface area contributed by atoms with E-state index in [0.29, 0.717) is 0 Å². The largest absolute Gasteiger partial charge is 0.380 e. The van der Waals surface area contributed by atoms with E-state index in [-0.39, 0.29) is 0 Å². The first-order valence-corrected chi connectivity index (χ1v) is 7.01. The van der Waals surface area contributed by atoms with E-state index in [4.69, 9.17) is 4.74 Å². The Bertz CT molecular complexity index is 143. The molecule has 0 spiro atoms. The highest BCUT2D eigenvalue weighted by Gasteiger charge is 2.25. The summed E-state index contributed by atoms with van der Waals surface area (Å²) in [6.07, 6.45) is 7.46. The molecule has 1 saturated carbocycles. The number of nitrogens with one attached hydrogen (secondary N) is 1. The Labute approximate surface area is 92.2 Å². The van der Waals surface area contributed by atoms with Gasteiger partial charge in [-0.25, -0.2) is 0 Å². The molecule has 0 heterocycles. The Morgan fingerprint density at radius 2 is 2.21 bits per heavy atom. The van der Waals surface area contributed by atoms with Crippen LogP contribution >= 0.6 is 11.8 Å². The molecule has 1 aliphatic carbocycles. The van der Waals surface area contributed by atoms with Crippen LogP contribution in [0, 0.1) is 0 Å². The van der Waals surface area contributed by atoms with Crippen molar-refractivity contribution in [3.05, 3.63) is 0 Å². The van der Waals surface area contributed by atoms with E-state index in [1.807, 2.05) is 11.8 Å². The molecule has 1 N–H and O–H groups in total. The molecule has 2 unspecified atom stereocenters. The lowest BCUT2D eigenvalue weighted by Crippen LogP contribution is -2.36. The van der Waals surface area contributed by atoms with Gasteiger partial charge in [-0.3, -0.25) is 0 Å². The lowest BCUT2D eigenvalue weighted by atomic mass is 10.2. The molecule has 0 aromatic carbocycles. The van der Waals surface area contributed by atoms with Crippen LogP contribution in [0.25, 0.3) is 0 Å². The van der Waals surface area contributed by atoms with Crippen LogP contribution in [-0.4, -0.2) is 37.3 Å². The predicted molar refractivity (Wildman–Crippen MR) is 64.1 cm³/mol. The second kappa shape index (κ2) is 7.55. The van der Waals surface area contributed by atoms with Crippen molar-refractivity contribution in [2.45, 2.75) is 43.9 Å². The molecule has 0 radical (unpaired) electrons. The molecule has 3 heteroatoms. The summed E-state index contributed by atoms with van der Waals surface area (Å²) in [6.45, 7) is 4.93. The quantitative estimate of drug-likeness (QED) is 0.661. The van der Waals surface area contributed by atoms with Crippen molar-refractivity contribution in [3.8, 4) is 0 Å². The molecule has 2 atom stereocenters. The monoisotopic (exact) mass is 217 g/mol. The summed E-state index contributed by atoms with van der Waals surface area (Å²) in [5, 5.41) is 4.43. The summed E-state index contributed by atoms with van der Waals surface area (Å²) in [7, 11) is 0. The number of ether oxygens (including phenoxy) is 1. The zero-order valence-corrected chi connectivity index (χ0v) is 10.2. The molecular weight excluding hydrogens is 194 g/mol. The van der Waals surface area contributed by atoms with Crippen molar-refractivity contribution >= 4 is 11.8 Å². The van der Waals surface area contributed by atoms with Crippen molar-refractivity contribution in [1.29, 1.82) is 0 Å². The van der Waals surface area contributed by atoms with Crippen molar-refractivity contribution in [3.63, 3.8) is 0 Å². The van der Waals surface area contributed by atoms with Gasteiger partial charge < -0.3 is 10.1 Å². The Balaban J connectivity index is 2.00. The Hall–Kier alpha value is 0.270. The van der Waals surface area contributed by atoms with Crippen molar-refractivity contribution < 1.29 is 4.74 Å². The molecule has 0 saturated heterocycles. The maximum Gasteiger partial charge on any atom is 0.0591 e. The average Bonchev–Trinajstić information content (AvgIpc) is 2.65. The highest BCUT2D eigenvalue weighted by atomic mass is 32.2. The second-order valence-electron chi connectivity index (χ2n) is 3.88. The summed E-state index contributed by atoms with van der Waals surface area (Å²) in [5.41, 5.74) is 0. The standard InChI is InChI=1S/C11H23NOS/c1-3-8-13-9-7-12-10-5-4-6-11(10)14-2/h10-12H,3-9H2,1-2H3. The summed E-state index contributed by atoms with van der Waals surface area (Å²) < 4.78 is 5.44. The molecule has 1 rings (SSSR count). The third kappa shape index (κ3) is 4.20. The number of hydrogen-bond acceptors (Lipinski definition) is 3. The second-order valence-corrected chi connectivity index (χ2v) is 4.95. The van der Waals surface area contributed by atoms with Gasteiger partial charge in [0, 0.05) is 24.4 Å². The molecule has 0 aliphatic heterocycles. The van der Waals surface area contributed by atoms with Crippen LogP contribution < -0.4 is 5.32 Å². The maximum absolute atomic E-state index is 5.44. The van der Waals surface area contributed by atoms with Gasteiger partial charge in [-0.2, -0.15) is 11.8 Å². The van der Waals surface area contributed by atoms with Crippen LogP contribution in [0.15, 0.2) is 0 Å². The van der Waals surface area contributed by atoms with Crippen LogP contribution in [0.5, 0.6) is 0 Å². The predicted octanol–water partition coefficient (Wildman–Crippen LogP) is 2.29. The van der Waals surface area contributed by atoms with E-state index in [0.717, 1.165) is 37.5 Å². The van der Waals surface area contributed by atoms with E-state index in [9.17, 15) is 0 Å². The third-order valence-electron chi connectivity index (χ3n) is 2.76. The Kier molecular flexibility index (Phi) is 6.65. The van der Waals surface area contributed by atoms with Crippen LogP contribution in [0.2, 0.25) is 0 Å². The van der Waals surface area contributed by atoms with Crippen LogP contribution in [0.1, 0.15) is 32.6 Å². The average molecular weight is 217 g/mol. The third-order valence-corrected chi connectivity index (χ3v) is 3.93. The molecule has 0 aromatic heterocycles. The van der Waals surface area contributed by atoms with Crippen LogP contribution in [-0.2, 0) is 4.74 Å². The van der Waals surface area contributed by atoms with Gasteiger partial charge in [0.1, 0.15) is 0 Å². The number of hydrogen-bond donors (Lipinski definition) is 1. The summed E-state index contributed by atoms with van der Waals surface area (Å²) >= 11 is 2.01. The molecule has 0 amide bonds. The summed E-state index contributed by atoms with van der Waals surface area (Å²) in [6, 6.07) is 0.732. The van der Waals surface area contributed by atoms with Crippen LogP contribution in [0.3, 0.4) is 0 Å². The van der Waals surface area contributed by atoms with Crippen LogP contribution in [0.4, 0.5) is 0 Å². The van der Waals surface area contributed by atoms with Gasteiger partial charge in [-0.1, -0.05) is 13.3 Å². The molecule has 14 heavy (non-hydrogen) atoms. The molecule has 0 aromatic rings. The van der Waals surface area contributed by atoms with Gasteiger partial charge in [0.15, 0.2) is 0 Å². The minimum Gasteiger partial charge on any atom is -0.380 e. The Morgan fingerprint density at radius 1 is 1.36 bits per heavy atom. The fourth-order valence-corrected chi connectivity index (χ4v) is 2.97. The van der Waals surface area contributed by atoms with Gasteiger partial charge in [-0.05, 0) is 25.5 Å². The molecule has 84 valence electrons. The smallest absolute Gasteiger partial charge is 0.0591 e. The minimum atomic E-state index is 0.732. The van der Waals surface area contributed by atoms with Gasteiger partial charge in [0.05, 0.1) is 6.61 Å². The zero-order valence-electron chi connectivity index (χ0n) is 9.42. The Morgan fingerprint density at radius 3 is 2.93 bits per heavy atom. The zero-order chi connectivity index (χ0) is 10.2. The summed E-state index contributed by atoms with van der Waals surface area (Å²) in [5.74, 6) is 0. The maximum atomic E-state index is 5.44. The lowest BCUT2D eigenvalue weighted by Gasteiger charge is -2.18. The van der Waals surface area contributed by atoms with Gasteiger partial charge in [-0.15, -0.1) is 0 Å². The van der Waals surface area contributed by atoms with Gasteiger partial charge in [0.25, 0.3) is 0 Å².